The number of rotatable bonds is 4. The van der Waals surface area contributed by atoms with Crippen LogP contribution in [0.15, 0.2) is 29.1 Å². The van der Waals surface area contributed by atoms with E-state index in [0.717, 1.165) is 37.7 Å². The number of carbonyl (C=O) groups is 1. The predicted molar refractivity (Wildman–Crippen MR) is 87.3 cm³/mol. The molecule has 112 valence electrons. The first kappa shape index (κ1) is 14.3. The summed E-state index contributed by atoms with van der Waals surface area (Å²) in [6, 6.07) is 4.19. The fourth-order valence-electron chi connectivity index (χ4n) is 2.33. The van der Waals surface area contributed by atoms with Crippen molar-refractivity contribution < 1.29 is 4.79 Å². The molecule has 3 heterocycles. The lowest BCUT2D eigenvalue weighted by Crippen LogP contribution is -2.52. The third-order valence-corrected chi connectivity index (χ3v) is 5.25. The molecule has 1 saturated heterocycles. The average molecular weight is 322 g/mol. The van der Waals surface area contributed by atoms with Crippen LogP contribution in [-0.4, -0.2) is 48.6 Å². The van der Waals surface area contributed by atoms with Crippen LogP contribution in [0.2, 0.25) is 0 Å². The zero-order valence-corrected chi connectivity index (χ0v) is 13.3. The number of thiophene rings is 1. The van der Waals surface area contributed by atoms with Crippen molar-refractivity contribution in [1.82, 2.24) is 15.2 Å². The Morgan fingerprint density at radius 2 is 2.10 bits per heavy atom. The molecule has 7 heteroatoms. The van der Waals surface area contributed by atoms with Gasteiger partial charge in [0.05, 0.1) is 0 Å². The molecule has 0 bridgehead atoms. The molecule has 0 spiro atoms. The first-order chi connectivity index (χ1) is 10.3. The minimum atomic E-state index is 0.0466. The number of carbonyl (C=O) groups excluding carboxylic acids is 1. The van der Waals surface area contributed by atoms with E-state index in [2.05, 4.69) is 26.6 Å². The summed E-state index contributed by atoms with van der Waals surface area (Å²) in [5.74, 6) is 0. The Kier molecular flexibility index (Phi) is 4.72. The molecule has 0 atom stereocenters. The van der Waals surface area contributed by atoms with Gasteiger partial charge in [0.1, 0.15) is 0 Å². The molecule has 21 heavy (non-hydrogen) atoms. The third kappa shape index (κ3) is 3.74. The predicted octanol–water partition coefficient (Wildman–Crippen LogP) is 2.28. The van der Waals surface area contributed by atoms with Gasteiger partial charge in [-0.15, -0.1) is 22.7 Å². The van der Waals surface area contributed by atoms with Crippen LogP contribution in [0.3, 0.4) is 0 Å². The zero-order chi connectivity index (χ0) is 14.5. The molecule has 0 aliphatic carbocycles. The van der Waals surface area contributed by atoms with Gasteiger partial charge < -0.3 is 15.1 Å². The Hall–Kier alpha value is -1.60. The smallest absolute Gasteiger partial charge is 0.317 e. The van der Waals surface area contributed by atoms with E-state index in [1.807, 2.05) is 22.5 Å². The molecule has 1 N–H and O–H groups in total. The summed E-state index contributed by atoms with van der Waals surface area (Å²) >= 11 is 3.38. The highest BCUT2D eigenvalue weighted by Gasteiger charge is 2.21. The molecule has 0 aromatic carbocycles. The maximum absolute atomic E-state index is 12.1. The van der Waals surface area contributed by atoms with Crippen molar-refractivity contribution in [1.29, 1.82) is 0 Å². The molecule has 2 amide bonds. The maximum atomic E-state index is 12.1. The van der Waals surface area contributed by atoms with Gasteiger partial charge in [0.25, 0.3) is 0 Å². The summed E-state index contributed by atoms with van der Waals surface area (Å²) < 4.78 is 0. The number of nitrogens with zero attached hydrogens (tertiary/aromatic N) is 3. The molecule has 2 aromatic rings. The van der Waals surface area contributed by atoms with Gasteiger partial charge in [0.2, 0.25) is 0 Å². The number of anilines is 1. The van der Waals surface area contributed by atoms with Gasteiger partial charge in [0.15, 0.2) is 5.13 Å². The second-order valence-electron chi connectivity index (χ2n) is 4.85. The molecule has 1 fully saturated rings. The molecule has 0 radical (unpaired) electrons. The van der Waals surface area contributed by atoms with E-state index in [1.165, 1.54) is 4.88 Å². The minimum absolute atomic E-state index is 0.0466. The van der Waals surface area contributed by atoms with E-state index < -0.39 is 0 Å². The van der Waals surface area contributed by atoms with Crippen LogP contribution in [0.1, 0.15) is 4.88 Å². The molecule has 5 nitrogen and oxygen atoms in total. The number of urea groups is 1. The number of piperazine rings is 1. The van der Waals surface area contributed by atoms with Gasteiger partial charge in [-0.2, -0.15) is 0 Å². The van der Waals surface area contributed by atoms with Gasteiger partial charge in [-0.25, -0.2) is 9.78 Å². The van der Waals surface area contributed by atoms with Gasteiger partial charge in [-0.3, -0.25) is 0 Å². The Labute approximate surface area is 132 Å². The van der Waals surface area contributed by atoms with Crippen LogP contribution in [0.25, 0.3) is 0 Å². The Bertz CT molecular complexity index is 548. The lowest BCUT2D eigenvalue weighted by Gasteiger charge is -2.34. The maximum Gasteiger partial charge on any atom is 0.317 e. The zero-order valence-electron chi connectivity index (χ0n) is 11.7. The van der Waals surface area contributed by atoms with E-state index in [0.29, 0.717) is 6.54 Å². The number of thiazole rings is 1. The Balaban J connectivity index is 1.40. The highest BCUT2D eigenvalue weighted by Crippen LogP contribution is 2.18. The van der Waals surface area contributed by atoms with E-state index in [1.54, 1.807) is 22.7 Å². The molecule has 0 unspecified atom stereocenters. The van der Waals surface area contributed by atoms with E-state index >= 15 is 0 Å². The van der Waals surface area contributed by atoms with Crippen molar-refractivity contribution in [2.45, 2.75) is 6.42 Å². The number of hydrogen-bond donors (Lipinski definition) is 1. The lowest BCUT2D eigenvalue weighted by atomic mass is 10.3. The molecule has 3 rings (SSSR count). The van der Waals surface area contributed by atoms with E-state index in [-0.39, 0.29) is 6.03 Å². The molecule has 0 saturated carbocycles. The monoisotopic (exact) mass is 322 g/mol. The van der Waals surface area contributed by atoms with Gasteiger partial charge in [-0.05, 0) is 17.9 Å². The Morgan fingerprint density at radius 3 is 2.76 bits per heavy atom. The highest BCUT2D eigenvalue weighted by atomic mass is 32.1. The second-order valence-corrected chi connectivity index (χ2v) is 6.76. The fourth-order valence-corrected chi connectivity index (χ4v) is 3.74. The van der Waals surface area contributed by atoms with E-state index in [4.69, 9.17) is 0 Å². The highest BCUT2D eigenvalue weighted by molar-refractivity contribution is 7.13. The minimum Gasteiger partial charge on any atom is -0.345 e. The van der Waals surface area contributed by atoms with Crippen LogP contribution in [0.5, 0.6) is 0 Å². The standard InChI is InChI=1S/C14H18N4OS2/c19-13(15-4-3-12-2-1-10-20-12)17-6-8-18(9-7-17)14-16-5-11-21-14/h1-2,5,10-11H,3-4,6-9H2,(H,15,19). The van der Waals surface area contributed by atoms with Crippen molar-refractivity contribution in [3.63, 3.8) is 0 Å². The number of hydrogen-bond acceptors (Lipinski definition) is 5. The number of amides is 2. The first-order valence-corrected chi connectivity index (χ1v) is 8.78. The van der Waals surface area contributed by atoms with E-state index in [9.17, 15) is 4.79 Å². The molecular weight excluding hydrogens is 304 g/mol. The summed E-state index contributed by atoms with van der Waals surface area (Å²) in [5, 5.41) is 8.10. The third-order valence-electron chi connectivity index (χ3n) is 3.48. The topological polar surface area (TPSA) is 48.5 Å². The van der Waals surface area contributed by atoms with Crippen LogP contribution < -0.4 is 10.2 Å². The van der Waals surface area contributed by atoms with Crippen molar-refractivity contribution in [2.75, 3.05) is 37.6 Å². The molecule has 1 aliphatic heterocycles. The van der Waals surface area contributed by atoms with Crippen molar-refractivity contribution in [3.05, 3.63) is 34.0 Å². The molecule has 2 aromatic heterocycles. The average Bonchev–Trinajstić information content (AvgIpc) is 3.21. The van der Waals surface area contributed by atoms with Crippen molar-refractivity contribution in [2.24, 2.45) is 0 Å². The first-order valence-electron chi connectivity index (χ1n) is 7.02. The number of aromatic nitrogens is 1. The van der Waals surface area contributed by atoms with Gasteiger partial charge in [-0.1, -0.05) is 6.07 Å². The molecular formula is C14H18N4OS2. The fraction of sp³-hybridized carbons (Fsp3) is 0.429. The SMILES string of the molecule is O=C(NCCc1cccs1)N1CCN(c2nccs2)CC1. The number of nitrogens with one attached hydrogen (secondary N) is 1. The molecule has 1 aliphatic rings. The van der Waals surface area contributed by atoms with Crippen LogP contribution in [0, 0.1) is 0 Å². The second kappa shape index (κ2) is 6.91. The summed E-state index contributed by atoms with van der Waals surface area (Å²) in [7, 11) is 0. The van der Waals surface area contributed by atoms with Crippen molar-refractivity contribution in [3.8, 4) is 0 Å². The van der Waals surface area contributed by atoms with Crippen molar-refractivity contribution >= 4 is 33.8 Å². The largest absolute Gasteiger partial charge is 0.345 e. The normalized spacial score (nSPS) is 15.2. The Morgan fingerprint density at radius 1 is 1.24 bits per heavy atom. The van der Waals surface area contributed by atoms with Gasteiger partial charge >= 0.3 is 6.03 Å². The van der Waals surface area contributed by atoms with Crippen LogP contribution in [0.4, 0.5) is 9.93 Å². The summed E-state index contributed by atoms with van der Waals surface area (Å²) in [5.41, 5.74) is 0. The van der Waals surface area contributed by atoms with Crippen LogP contribution in [-0.2, 0) is 6.42 Å². The van der Waals surface area contributed by atoms with Gasteiger partial charge in [0, 0.05) is 49.2 Å². The quantitative estimate of drug-likeness (QED) is 0.939. The van der Waals surface area contributed by atoms with Crippen LogP contribution >= 0.6 is 22.7 Å². The summed E-state index contributed by atoms with van der Waals surface area (Å²) in [6.45, 7) is 3.92. The lowest BCUT2D eigenvalue weighted by molar-refractivity contribution is 0.194. The summed E-state index contributed by atoms with van der Waals surface area (Å²) in [6.07, 6.45) is 2.73. The summed E-state index contributed by atoms with van der Waals surface area (Å²) in [4.78, 5) is 21.9.